The molecule has 1 rings (SSSR count). The zero-order chi connectivity index (χ0) is 10.6. The first-order chi connectivity index (χ1) is 6.55. The second-order valence-electron chi connectivity index (χ2n) is 5.52. The van der Waals surface area contributed by atoms with Gasteiger partial charge in [0.15, 0.2) is 0 Å². The van der Waals surface area contributed by atoms with E-state index >= 15 is 0 Å². The predicted octanol–water partition coefficient (Wildman–Crippen LogP) is 2.24. The SMILES string of the molecule is CN(CCCN)C1CCC(C)(C)CC1. The van der Waals surface area contributed by atoms with Gasteiger partial charge in [-0.05, 0) is 57.7 Å². The highest BCUT2D eigenvalue weighted by Gasteiger charge is 2.28. The quantitative estimate of drug-likeness (QED) is 0.750. The zero-order valence-corrected chi connectivity index (χ0v) is 10.1. The summed E-state index contributed by atoms with van der Waals surface area (Å²) in [5.74, 6) is 0. The standard InChI is InChI=1S/C12H26N2/c1-12(2)7-5-11(6-8-12)14(3)10-4-9-13/h11H,4-10,13H2,1-3H3. The smallest absolute Gasteiger partial charge is 0.00926 e. The van der Waals surface area contributed by atoms with Crippen molar-refractivity contribution in [2.75, 3.05) is 20.1 Å². The van der Waals surface area contributed by atoms with Crippen LogP contribution in [0.2, 0.25) is 0 Å². The van der Waals surface area contributed by atoms with Crippen molar-refractivity contribution in [3.8, 4) is 0 Å². The van der Waals surface area contributed by atoms with Crippen molar-refractivity contribution >= 4 is 0 Å². The van der Waals surface area contributed by atoms with Gasteiger partial charge in [-0.25, -0.2) is 0 Å². The van der Waals surface area contributed by atoms with Crippen molar-refractivity contribution in [3.05, 3.63) is 0 Å². The summed E-state index contributed by atoms with van der Waals surface area (Å²) in [5, 5.41) is 0. The Bertz CT molecular complexity index is 156. The van der Waals surface area contributed by atoms with Crippen LogP contribution in [0.3, 0.4) is 0 Å². The summed E-state index contributed by atoms with van der Waals surface area (Å²) in [4.78, 5) is 2.50. The molecule has 0 amide bonds. The molecule has 0 saturated heterocycles. The normalized spacial score (nSPS) is 22.9. The lowest BCUT2D eigenvalue weighted by molar-refractivity contribution is 0.127. The molecule has 0 aliphatic heterocycles. The summed E-state index contributed by atoms with van der Waals surface area (Å²) in [6, 6.07) is 0.814. The molecule has 1 aliphatic rings. The molecule has 0 aromatic carbocycles. The lowest BCUT2D eigenvalue weighted by Crippen LogP contribution is -2.38. The van der Waals surface area contributed by atoms with E-state index in [1.54, 1.807) is 0 Å². The maximum Gasteiger partial charge on any atom is 0.00926 e. The van der Waals surface area contributed by atoms with Crippen LogP contribution in [0.5, 0.6) is 0 Å². The molecule has 0 heterocycles. The second-order valence-corrected chi connectivity index (χ2v) is 5.52. The molecule has 0 aromatic rings. The van der Waals surface area contributed by atoms with Crippen LogP contribution in [0.1, 0.15) is 46.0 Å². The van der Waals surface area contributed by atoms with Crippen LogP contribution in [0.4, 0.5) is 0 Å². The van der Waals surface area contributed by atoms with Crippen LogP contribution in [-0.2, 0) is 0 Å². The van der Waals surface area contributed by atoms with Gasteiger partial charge in [0.25, 0.3) is 0 Å². The topological polar surface area (TPSA) is 29.3 Å². The molecule has 0 unspecified atom stereocenters. The molecule has 0 spiro atoms. The highest BCUT2D eigenvalue weighted by Crippen LogP contribution is 2.36. The van der Waals surface area contributed by atoms with Crippen LogP contribution in [0.25, 0.3) is 0 Å². The van der Waals surface area contributed by atoms with Crippen molar-refractivity contribution in [1.82, 2.24) is 4.90 Å². The van der Waals surface area contributed by atoms with E-state index in [1.807, 2.05) is 0 Å². The highest BCUT2D eigenvalue weighted by atomic mass is 15.1. The molecule has 1 fully saturated rings. The second kappa shape index (κ2) is 5.13. The Labute approximate surface area is 88.8 Å². The summed E-state index contributed by atoms with van der Waals surface area (Å²) in [6.07, 6.45) is 6.63. The molecular weight excluding hydrogens is 172 g/mol. The van der Waals surface area contributed by atoms with Crippen molar-refractivity contribution in [3.63, 3.8) is 0 Å². The average molecular weight is 198 g/mol. The molecule has 0 radical (unpaired) electrons. The van der Waals surface area contributed by atoms with E-state index in [-0.39, 0.29) is 0 Å². The molecule has 84 valence electrons. The first-order valence-corrected chi connectivity index (χ1v) is 5.95. The van der Waals surface area contributed by atoms with Crippen molar-refractivity contribution in [1.29, 1.82) is 0 Å². The fraction of sp³-hybridized carbons (Fsp3) is 1.00. The first kappa shape index (κ1) is 12.0. The average Bonchev–Trinajstić information content (AvgIpc) is 2.14. The number of hydrogen-bond donors (Lipinski definition) is 1. The minimum absolute atomic E-state index is 0.588. The molecule has 2 N–H and O–H groups in total. The molecule has 2 heteroatoms. The van der Waals surface area contributed by atoms with Crippen LogP contribution in [0.15, 0.2) is 0 Å². The third kappa shape index (κ3) is 3.58. The van der Waals surface area contributed by atoms with E-state index in [9.17, 15) is 0 Å². The van der Waals surface area contributed by atoms with E-state index < -0.39 is 0 Å². The van der Waals surface area contributed by atoms with Crippen LogP contribution in [-0.4, -0.2) is 31.1 Å². The van der Waals surface area contributed by atoms with Gasteiger partial charge < -0.3 is 10.6 Å². The maximum absolute atomic E-state index is 5.52. The van der Waals surface area contributed by atoms with E-state index in [2.05, 4.69) is 25.8 Å². The van der Waals surface area contributed by atoms with Gasteiger partial charge in [0.1, 0.15) is 0 Å². The van der Waals surface area contributed by atoms with Gasteiger partial charge >= 0.3 is 0 Å². The number of rotatable bonds is 4. The largest absolute Gasteiger partial charge is 0.330 e. The third-order valence-corrected chi connectivity index (χ3v) is 3.65. The fourth-order valence-electron chi connectivity index (χ4n) is 2.35. The van der Waals surface area contributed by atoms with Gasteiger partial charge in [-0.1, -0.05) is 13.8 Å². The molecule has 1 saturated carbocycles. The molecule has 2 nitrogen and oxygen atoms in total. The van der Waals surface area contributed by atoms with E-state index in [4.69, 9.17) is 5.73 Å². The van der Waals surface area contributed by atoms with E-state index in [0.29, 0.717) is 5.41 Å². The molecule has 0 bridgehead atoms. The van der Waals surface area contributed by atoms with Gasteiger partial charge in [-0.3, -0.25) is 0 Å². The minimum Gasteiger partial charge on any atom is -0.330 e. The van der Waals surface area contributed by atoms with Crippen LogP contribution in [0, 0.1) is 5.41 Å². The van der Waals surface area contributed by atoms with Gasteiger partial charge in [-0.2, -0.15) is 0 Å². The lowest BCUT2D eigenvalue weighted by Gasteiger charge is -2.38. The molecular formula is C12H26N2. The lowest BCUT2D eigenvalue weighted by atomic mass is 9.75. The Morgan fingerprint density at radius 3 is 2.36 bits per heavy atom. The maximum atomic E-state index is 5.52. The summed E-state index contributed by atoms with van der Waals surface area (Å²) in [5.41, 5.74) is 6.11. The Hall–Kier alpha value is -0.0800. The van der Waals surface area contributed by atoms with Crippen molar-refractivity contribution < 1.29 is 0 Å². The number of nitrogens with two attached hydrogens (primary N) is 1. The highest BCUT2D eigenvalue weighted by molar-refractivity contribution is 4.82. The number of hydrogen-bond acceptors (Lipinski definition) is 2. The van der Waals surface area contributed by atoms with Gasteiger partial charge in [0, 0.05) is 6.04 Å². The Kier molecular flexibility index (Phi) is 4.39. The van der Waals surface area contributed by atoms with Gasteiger partial charge in [0.2, 0.25) is 0 Å². The summed E-state index contributed by atoms with van der Waals surface area (Å²) >= 11 is 0. The van der Waals surface area contributed by atoms with Crippen molar-refractivity contribution in [2.24, 2.45) is 11.1 Å². The summed E-state index contributed by atoms with van der Waals surface area (Å²) < 4.78 is 0. The monoisotopic (exact) mass is 198 g/mol. The van der Waals surface area contributed by atoms with Gasteiger partial charge in [0.05, 0.1) is 0 Å². The Morgan fingerprint density at radius 2 is 1.86 bits per heavy atom. The molecule has 0 atom stereocenters. The fourth-order valence-corrected chi connectivity index (χ4v) is 2.35. The summed E-state index contributed by atoms with van der Waals surface area (Å²) in [6.45, 7) is 6.77. The molecule has 1 aliphatic carbocycles. The van der Waals surface area contributed by atoms with E-state index in [1.165, 1.54) is 32.2 Å². The van der Waals surface area contributed by atoms with Crippen LogP contribution < -0.4 is 5.73 Å². The van der Waals surface area contributed by atoms with Crippen LogP contribution >= 0.6 is 0 Å². The molecule has 0 aromatic heterocycles. The zero-order valence-electron chi connectivity index (χ0n) is 10.1. The Morgan fingerprint density at radius 1 is 1.29 bits per heavy atom. The third-order valence-electron chi connectivity index (χ3n) is 3.65. The van der Waals surface area contributed by atoms with Crippen molar-refractivity contribution in [2.45, 2.75) is 52.0 Å². The predicted molar refractivity (Wildman–Crippen MR) is 62.3 cm³/mol. The van der Waals surface area contributed by atoms with E-state index in [0.717, 1.165) is 19.0 Å². The first-order valence-electron chi connectivity index (χ1n) is 5.95. The minimum atomic E-state index is 0.588. The Balaban J connectivity index is 2.27. The molecule has 14 heavy (non-hydrogen) atoms. The van der Waals surface area contributed by atoms with Gasteiger partial charge in [-0.15, -0.1) is 0 Å². The summed E-state index contributed by atoms with van der Waals surface area (Å²) in [7, 11) is 2.25. The number of nitrogens with zero attached hydrogens (tertiary/aromatic N) is 1.